The van der Waals surface area contributed by atoms with E-state index in [2.05, 4.69) is 10.2 Å². The van der Waals surface area contributed by atoms with Crippen LogP contribution in [0.5, 0.6) is 0 Å². The number of rotatable bonds is 5. The van der Waals surface area contributed by atoms with Gasteiger partial charge in [-0.15, -0.1) is 0 Å². The number of nitrogens with zero attached hydrogens (tertiary/aromatic N) is 2. The highest BCUT2D eigenvalue weighted by Crippen LogP contribution is 2.48. The fraction of sp³-hybridized carbons (Fsp3) is 0.292. The molecule has 0 bridgehead atoms. The number of nitrogens with one attached hydrogen (secondary N) is 1. The zero-order valence-electron chi connectivity index (χ0n) is 17.6. The highest BCUT2D eigenvalue weighted by molar-refractivity contribution is 6.04. The molecule has 4 aromatic rings. The topological polar surface area (TPSA) is 88.0 Å². The standard InChI is InChI=1S/C24H21F2N3O3/c1-12(2)21-20(13-3-4-17(25)18(26)8-13)15-7-14-10-27-28-19(14)9-16(15)22(30)29(21)11-24(5-6-24)23(31)32/h3-4,7-10,12H,5-6,11H2,1-2H3,(H,27,28)(H,31,32). The van der Waals surface area contributed by atoms with Crippen LogP contribution in [0.1, 0.15) is 38.3 Å². The molecular weight excluding hydrogens is 416 g/mol. The predicted molar refractivity (Wildman–Crippen MR) is 117 cm³/mol. The summed E-state index contributed by atoms with van der Waals surface area (Å²) in [6.07, 6.45) is 2.61. The second-order valence-corrected chi connectivity index (χ2v) is 8.88. The minimum Gasteiger partial charge on any atom is -0.481 e. The van der Waals surface area contributed by atoms with E-state index in [1.54, 1.807) is 12.3 Å². The Labute approximate surface area is 181 Å². The van der Waals surface area contributed by atoms with Crippen molar-refractivity contribution in [2.75, 3.05) is 0 Å². The molecule has 5 rings (SSSR count). The average molecular weight is 437 g/mol. The third kappa shape index (κ3) is 3.01. The number of aliphatic carboxylic acids is 1. The van der Waals surface area contributed by atoms with Crippen molar-refractivity contribution in [3.8, 4) is 11.1 Å². The van der Waals surface area contributed by atoms with Gasteiger partial charge in [0.15, 0.2) is 11.6 Å². The molecule has 8 heteroatoms. The number of aromatic amines is 1. The first kappa shape index (κ1) is 20.4. The van der Waals surface area contributed by atoms with Gasteiger partial charge in [0.25, 0.3) is 5.56 Å². The first-order chi connectivity index (χ1) is 15.2. The van der Waals surface area contributed by atoms with Crippen LogP contribution >= 0.6 is 0 Å². The number of aromatic nitrogens is 3. The fourth-order valence-electron chi connectivity index (χ4n) is 4.51. The molecule has 1 saturated carbocycles. The lowest BCUT2D eigenvalue weighted by Crippen LogP contribution is -2.32. The summed E-state index contributed by atoms with van der Waals surface area (Å²) in [6.45, 7) is 3.83. The minimum absolute atomic E-state index is 0.0301. The smallest absolute Gasteiger partial charge is 0.311 e. The predicted octanol–water partition coefficient (Wildman–Crippen LogP) is 4.81. The van der Waals surface area contributed by atoms with Crippen molar-refractivity contribution in [3.63, 3.8) is 0 Å². The van der Waals surface area contributed by atoms with Crippen molar-refractivity contribution >= 4 is 27.6 Å². The van der Waals surface area contributed by atoms with E-state index in [1.807, 2.05) is 19.9 Å². The van der Waals surface area contributed by atoms with E-state index >= 15 is 0 Å². The van der Waals surface area contributed by atoms with Crippen LogP contribution in [0.25, 0.3) is 32.8 Å². The van der Waals surface area contributed by atoms with E-state index in [1.165, 1.54) is 10.6 Å². The van der Waals surface area contributed by atoms with Crippen LogP contribution in [-0.4, -0.2) is 25.8 Å². The normalized spacial score (nSPS) is 15.0. The summed E-state index contributed by atoms with van der Waals surface area (Å²) < 4.78 is 29.5. The molecule has 0 unspecified atom stereocenters. The number of carboxylic acids is 1. The summed E-state index contributed by atoms with van der Waals surface area (Å²) in [4.78, 5) is 25.6. The summed E-state index contributed by atoms with van der Waals surface area (Å²) >= 11 is 0. The lowest BCUT2D eigenvalue weighted by atomic mass is 9.91. The number of carboxylic acid groups (broad SMARTS) is 1. The van der Waals surface area contributed by atoms with Crippen LogP contribution in [0.4, 0.5) is 8.78 Å². The maximum atomic E-state index is 14.2. The SMILES string of the molecule is CC(C)c1c(-c2ccc(F)c(F)c2)c2cc3cn[nH]c3cc2c(=O)n1CC1(C(=O)O)CC1. The highest BCUT2D eigenvalue weighted by atomic mass is 19.2. The Bertz CT molecular complexity index is 1470. The van der Waals surface area contributed by atoms with Gasteiger partial charge >= 0.3 is 5.97 Å². The van der Waals surface area contributed by atoms with Crippen LogP contribution < -0.4 is 5.56 Å². The van der Waals surface area contributed by atoms with Gasteiger partial charge in [-0.2, -0.15) is 5.10 Å². The van der Waals surface area contributed by atoms with Gasteiger partial charge in [-0.3, -0.25) is 14.7 Å². The summed E-state index contributed by atoms with van der Waals surface area (Å²) in [5.74, 6) is -3.06. The Morgan fingerprint density at radius 1 is 1.19 bits per heavy atom. The molecule has 1 fully saturated rings. The molecule has 6 nitrogen and oxygen atoms in total. The molecule has 0 aliphatic heterocycles. The van der Waals surface area contributed by atoms with Gasteiger partial charge in [-0.25, -0.2) is 8.78 Å². The van der Waals surface area contributed by atoms with Crippen LogP contribution in [0, 0.1) is 17.0 Å². The Morgan fingerprint density at radius 2 is 1.94 bits per heavy atom. The van der Waals surface area contributed by atoms with Gasteiger partial charge in [0.05, 0.1) is 17.1 Å². The Morgan fingerprint density at radius 3 is 2.56 bits per heavy atom. The van der Waals surface area contributed by atoms with Crippen molar-refractivity contribution in [3.05, 3.63) is 64.2 Å². The number of pyridine rings is 1. The summed E-state index contributed by atoms with van der Waals surface area (Å²) in [7, 11) is 0. The lowest BCUT2D eigenvalue weighted by molar-refractivity contribution is -0.143. The molecule has 1 aliphatic rings. The van der Waals surface area contributed by atoms with E-state index in [9.17, 15) is 23.5 Å². The zero-order chi connectivity index (χ0) is 22.8. The number of benzene rings is 2. The molecule has 2 aromatic carbocycles. The lowest BCUT2D eigenvalue weighted by Gasteiger charge is -2.24. The van der Waals surface area contributed by atoms with Crippen LogP contribution in [0.15, 0.2) is 41.3 Å². The molecule has 0 radical (unpaired) electrons. The molecule has 0 spiro atoms. The maximum Gasteiger partial charge on any atom is 0.311 e. The molecular formula is C24H21F2N3O3. The van der Waals surface area contributed by atoms with Gasteiger partial charge in [-0.1, -0.05) is 19.9 Å². The Balaban J connectivity index is 1.92. The zero-order valence-corrected chi connectivity index (χ0v) is 17.6. The van der Waals surface area contributed by atoms with Crippen molar-refractivity contribution in [1.82, 2.24) is 14.8 Å². The fourth-order valence-corrected chi connectivity index (χ4v) is 4.51. The van der Waals surface area contributed by atoms with Crippen molar-refractivity contribution in [1.29, 1.82) is 0 Å². The summed E-state index contributed by atoms with van der Waals surface area (Å²) in [5.41, 5.74) is 0.994. The number of hydrogen-bond donors (Lipinski definition) is 2. The van der Waals surface area contributed by atoms with E-state index in [0.717, 1.165) is 17.5 Å². The number of fused-ring (bicyclic) bond motifs is 2. The number of halogens is 2. The second kappa shape index (κ2) is 6.98. The van der Waals surface area contributed by atoms with Gasteiger partial charge < -0.3 is 9.67 Å². The third-order valence-corrected chi connectivity index (χ3v) is 6.39. The molecule has 2 heterocycles. The maximum absolute atomic E-state index is 14.2. The van der Waals surface area contributed by atoms with E-state index in [-0.39, 0.29) is 18.0 Å². The molecule has 164 valence electrons. The van der Waals surface area contributed by atoms with Gasteiger partial charge in [-0.05, 0) is 54.0 Å². The molecule has 0 amide bonds. The van der Waals surface area contributed by atoms with Crippen LogP contribution in [-0.2, 0) is 11.3 Å². The molecule has 1 aliphatic carbocycles. The Hall–Kier alpha value is -3.55. The first-order valence-electron chi connectivity index (χ1n) is 10.4. The molecule has 32 heavy (non-hydrogen) atoms. The summed E-state index contributed by atoms with van der Waals surface area (Å²) in [6, 6.07) is 7.16. The van der Waals surface area contributed by atoms with Crippen molar-refractivity contribution in [2.45, 2.75) is 39.2 Å². The van der Waals surface area contributed by atoms with Crippen molar-refractivity contribution < 1.29 is 18.7 Å². The quantitative estimate of drug-likeness (QED) is 0.469. The molecule has 0 saturated heterocycles. The average Bonchev–Trinajstić information content (AvgIpc) is 3.39. The van der Waals surface area contributed by atoms with Crippen molar-refractivity contribution in [2.24, 2.45) is 5.41 Å². The monoisotopic (exact) mass is 437 g/mol. The number of carbonyl (C=O) groups is 1. The number of hydrogen-bond acceptors (Lipinski definition) is 3. The first-order valence-corrected chi connectivity index (χ1v) is 10.4. The second-order valence-electron chi connectivity index (χ2n) is 8.88. The van der Waals surface area contributed by atoms with Gasteiger partial charge in [0.2, 0.25) is 0 Å². The molecule has 2 N–H and O–H groups in total. The third-order valence-electron chi connectivity index (χ3n) is 6.39. The highest BCUT2D eigenvalue weighted by Gasteiger charge is 2.51. The number of H-pyrrole nitrogens is 1. The largest absolute Gasteiger partial charge is 0.481 e. The van der Waals surface area contributed by atoms with Crippen LogP contribution in [0.2, 0.25) is 0 Å². The van der Waals surface area contributed by atoms with E-state index in [4.69, 9.17) is 0 Å². The summed E-state index contributed by atoms with van der Waals surface area (Å²) in [5, 5.41) is 18.4. The minimum atomic E-state index is -0.989. The van der Waals surface area contributed by atoms with E-state index in [0.29, 0.717) is 46.0 Å². The van der Waals surface area contributed by atoms with Gasteiger partial charge in [0.1, 0.15) is 0 Å². The van der Waals surface area contributed by atoms with Crippen LogP contribution in [0.3, 0.4) is 0 Å². The van der Waals surface area contributed by atoms with E-state index < -0.39 is 23.0 Å². The molecule has 2 aromatic heterocycles. The Kier molecular flexibility index (Phi) is 4.44. The molecule has 0 atom stereocenters. The van der Waals surface area contributed by atoms with Gasteiger partial charge in [0, 0.05) is 28.6 Å².